The summed E-state index contributed by atoms with van der Waals surface area (Å²) < 4.78 is 5.02. The fraction of sp³-hybridized carbons (Fsp3) is 0.400. The molecule has 0 aliphatic carbocycles. The molecule has 0 radical (unpaired) electrons. The molecule has 0 aromatic heterocycles. The first-order valence-corrected chi connectivity index (χ1v) is 4.76. The molecule has 1 aromatic rings. The number of hydrogen-bond acceptors (Lipinski definition) is 3. The summed E-state index contributed by atoms with van der Waals surface area (Å²) in [4.78, 5) is 0. The van der Waals surface area contributed by atoms with Gasteiger partial charge in [0.1, 0.15) is 5.75 Å². The van der Waals surface area contributed by atoms with Gasteiger partial charge in [0.15, 0.2) is 0 Å². The predicted octanol–water partition coefficient (Wildman–Crippen LogP) is 1.73. The van der Waals surface area contributed by atoms with Crippen LogP contribution >= 0.6 is 11.6 Å². The van der Waals surface area contributed by atoms with E-state index in [1.807, 2.05) is 6.07 Å². The third kappa shape index (κ3) is 2.61. The van der Waals surface area contributed by atoms with Gasteiger partial charge < -0.3 is 15.6 Å². The van der Waals surface area contributed by atoms with Crippen LogP contribution in [0.4, 0.5) is 0 Å². The minimum absolute atomic E-state index is 0.0742. The van der Waals surface area contributed by atoms with Gasteiger partial charge in [-0.3, -0.25) is 0 Å². The van der Waals surface area contributed by atoms with Gasteiger partial charge >= 0.3 is 0 Å². The summed E-state index contributed by atoms with van der Waals surface area (Å²) in [6.07, 6.45) is 0.530. The van der Waals surface area contributed by atoms with Gasteiger partial charge in [-0.05, 0) is 24.1 Å². The van der Waals surface area contributed by atoms with E-state index >= 15 is 0 Å². The first-order chi connectivity index (χ1) is 6.69. The molecule has 1 atom stereocenters. The molecule has 1 aromatic carbocycles. The fourth-order valence-electron chi connectivity index (χ4n) is 1.22. The highest BCUT2D eigenvalue weighted by atomic mass is 35.5. The van der Waals surface area contributed by atoms with Crippen molar-refractivity contribution in [1.82, 2.24) is 0 Å². The third-order valence-electron chi connectivity index (χ3n) is 2.04. The smallest absolute Gasteiger partial charge is 0.137 e. The number of aliphatic hydroxyl groups is 1. The molecule has 0 bridgehead atoms. The van der Waals surface area contributed by atoms with Crippen LogP contribution in [0.3, 0.4) is 0 Å². The Morgan fingerprint density at radius 1 is 1.57 bits per heavy atom. The number of ether oxygens (including phenoxy) is 1. The van der Waals surface area contributed by atoms with Crippen molar-refractivity contribution in [2.75, 3.05) is 13.7 Å². The Labute approximate surface area is 88.4 Å². The van der Waals surface area contributed by atoms with E-state index in [1.54, 1.807) is 19.2 Å². The van der Waals surface area contributed by atoms with Gasteiger partial charge in [-0.2, -0.15) is 0 Å². The van der Waals surface area contributed by atoms with Crippen molar-refractivity contribution < 1.29 is 9.84 Å². The maximum Gasteiger partial charge on any atom is 0.137 e. The highest BCUT2D eigenvalue weighted by Crippen LogP contribution is 2.27. The van der Waals surface area contributed by atoms with Crippen molar-refractivity contribution in [2.24, 2.45) is 5.73 Å². The lowest BCUT2D eigenvalue weighted by molar-refractivity contribution is 0.276. The van der Waals surface area contributed by atoms with E-state index in [-0.39, 0.29) is 12.6 Å². The summed E-state index contributed by atoms with van der Waals surface area (Å²) >= 11 is 5.93. The van der Waals surface area contributed by atoms with Crippen molar-refractivity contribution in [2.45, 2.75) is 12.5 Å². The summed E-state index contributed by atoms with van der Waals surface area (Å²) in [5.41, 5.74) is 6.71. The van der Waals surface area contributed by atoms with Crippen LogP contribution in [0.25, 0.3) is 0 Å². The molecule has 0 aliphatic rings. The van der Waals surface area contributed by atoms with Gasteiger partial charge in [0, 0.05) is 12.6 Å². The molecule has 4 heteroatoms. The first-order valence-electron chi connectivity index (χ1n) is 4.39. The van der Waals surface area contributed by atoms with Crippen molar-refractivity contribution in [3.05, 3.63) is 28.8 Å². The largest absolute Gasteiger partial charge is 0.495 e. The Hall–Kier alpha value is -0.770. The molecule has 0 spiro atoms. The minimum Gasteiger partial charge on any atom is -0.495 e. The highest BCUT2D eigenvalue weighted by Gasteiger charge is 2.08. The molecule has 0 amide bonds. The van der Waals surface area contributed by atoms with E-state index in [4.69, 9.17) is 27.2 Å². The molecule has 1 rings (SSSR count). The first kappa shape index (κ1) is 11.3. The van der Waals surface area contributed by atoms with Crippen molar-refractivity contribution in [3.8, 4) is 5.75 Å². The van der Waals surface area contributed by atoms with Crippen molar-refractivity contribution in [3.63, 3.8) is 0 Å². The number of rotatable bonds is 4. The molecule has 0 heterocycles. The Morgan fingerprint density at radius 2 is 2.29 bits per heavy atom. The van der Waals surface area contributed by atoms with Crippen LogP contribution in [-0.2, 0) is 0 Å². The van der Waals surface area contributed by atoms with Gasteiger partial charge in [-0.15, -0.1) is 0 Å². The second-order valence-electron chi connectivity index (χ2n) is 3.01. The molecule has 0 aliphatic heterocycles. The Kier molecular flexibility index (Phi) is 4.20. The monoisotopic (exact) mass is 215 g/mol. The molecule has 78 valence electrons. The van der Waals surface area contributed by atoms with E-state index in [0.717, 1.165) is 5.56 Å². The molecule has 3 nitrogen and oxygen atoms in total. The Balaban J connectivity index is 2.85. The van der Waals surface area contributed by atoms with Crippen LogP contribution in [0.2, 0.25) is 5.02 Å². The maximum atomic E-state index is 8.73. The second-order valence-corrected chi connectivity index (χ2v) is 3.42. The fourth-order valence-corrected chi connectivity index (χ4v) is 1.49. The maximum absolute atomic E-state index is 8.73. The van der Waals surface area contributed by atoms with Crippen molar-refractivity contribution in [1.29, 1.82) is 0 Å². The number of halogens is 1. The summed E-state index contributed by atoms with van der Waals surface area (Å²) in [6.45, 7) is 0.0742. The molecule has 0 saturated carbocycles. The lowest BCUT2D eigenvalue weighted by Crippen LogP contribution is -2.11. The Bertz CT molecular complexity index is 304. The molecule has 0 fully saturated rings. The summed E-state index contributed by atoms with van der Waals surface area (Å²) in [5, 5.41) is 9.27. The molecule has 1 unspecified atom stereocenters. The topological polar surface area (TPSA) is 55.5 Å². The predicted molar refractivity (Wildman–Crippen MR) is 56.6 cm³/mol. The average Bonchev–Trinajstić information content (AvgIpc) is 2.18. The van der Waals surface area contributed by atoms with E-state index in [9.17, 15) is 0 Å². The number of methoxy groups -OCH3 is 1. The van der Waals surface area contributed by atoms with Crippen LogP contribution in [0.1, 0.15) is 18.0 Å². The molecule has 14 heavy (non-hydrogen) atoms. The van der Waals surface area contributed by atoms with Crippen molar-refractivity contribution >= 4 is 11.6 Å². The van der Waals surface area contributed by atoms with Gasteiger partial charge in [0.2, 0.25) is 0 Å². The number of hydrogen-bond donors (Lipinski definition) is 2. The van der Waals surface area contributed by atoms with E-state index < -0.39 is 0 Å². The number of nitrogens with two attached hydrogens (primary N) is 1. The highest BCUT2D eigenvalue weighted by molar-refractivity contribution is 6.32. The zero-order chi connectivity index (χ0) is 10.6. The van der Waals surface area contributed by atoms with E-state index in [2.05, 4.69) is 0 Å². The molecule has 0 saturated heterocycles. The second kappa shape index (κ2) is 5.20. The quantitative estimate of drug-likeness (QED) is 0.805. The third-order valence-corrected chi connectivity index (χ3v) is 2.34. The van der Waals surface area contributed by atoms with Gasteiger partial charge in [0.25, 0.3) is 0 Å². The van der Waals surface area contributed by atoms with E-state index in [1.165, 1.54) is 0 Å². The average molecular weight is 216 g/mol. The lowest BCUT2D eigenvalue weighted by atomic mass is 10.1. The standard InChI is InChI=1S/C10H14ClNO2/c1-14-10-3-2-7(6-8(10)11)9(12)4-5-13/h2-3,6,9,13H,4-5,12H2,1H3. The number of aliphatic hydroxyl groups excluding tert-OH is 1. The molecule has 3 N–H and O–H groups in total. The Morgan fingerprint density at radius 3 is 2.79 bits per heavy atom. The van der Waals surface area contributed by atoms with E-state index in [0.29, 0.717) is 17.2 Å². The van der Waals surface area contributed by atoms with Crippen LogP contribution in [0.15, 0.2) is 18.2 Å². The number of benzene rings is 1. The summed E-state index contributed by atoms with van der Waals surface area (Å²) in [6, 6.07) is 5.21. The SMILES string of the molecule is COc1ccc(C(N)CCO)cc1Cl. The minimum atomic E-state index is -0.177. The van der Waals surface area contributed by atoms with Gasteiger partial charge in [-0.1, -0.05) is 17.7 Å². The van der Waals surface area contributed by atoms with Crippen LogP contribution in [0, 0.1) is 0 Å². The molecular formula is C10H14ClNO2. The van der Waals surface area contributed by atoms with Gasteiger partial charge in [0.05, 0.1) is 12.1 Å². The normalized spacial score (nSPS) is 12.6. The van der Waals surface area contributed by atoms with Crippen LogP contribution < -0.4 is 10.5 Å². The van der Waals surface area contributed by atoms with Gasteiger partial charge in [-0.25, -0.2) is 0 Å². The zero-order valence-corrected chi connectivity index (χ0v) is 8.79. The lowest BCUT2D eigenvalue weighted by Gasteiger charge is -2.11. The van der Waals surface area contributed by atoms with Crippen LogP contribution in [0.5, 0.6) is 5.75 Å². The summed E-state index contributed by atoms with van der Waals surface area (Å²) in [5.74, 6) is 0.631. The summed E-state index contributed by atoms with van der Waals surface area (Å²) in [7, 11) is 1.56. The van der Waals surface area contributed by atoms with Crippen LogP contribution in [-0.4, -0.2) is 18.8 Å². The molecular weight excluding hydrogens is 202 g/mol. The zero-order valence-electron chi connectivity index (χ0n) is 8.03.